The van der Waals surface area contributed by atoms with Crippen LogP contribution in [0.1, 0.15) is 194 Å². The maximum absolute atomic E-state index is 12.8. The van der Waals surface area contributed by atoms with Gasteiger partial charge in [0.15, 0.2) is 6.10 Å². The SMILES string of the molecule is CC/C=C\C/C=C\C/C=C\C/C=C\C/C=C\C/C=C\CCC(=O)OCC(COC(=O)CCCCCC/C=C\CCCC)OC(=O)CCC/C=C\C/C=C\C/C=C\C/C=C\CCCCC. The van der Waals surface area contributed by atoms with Gasteiger partial charge >= 0.3 is 17.9 Å². The Bertz CT molecular complexity index is 1430. The van der Waals surface area contributed by atoms with Gasteiger partial charge in [0.1, 0.15) is 13.2 Å². The van der Waals surface area contributed by atoms with Crippen molar-refractivity contribution in [2.45, 2.75) is 200 Å². The summed E-state index contributed by atoms with van der Waals surface area (Å²) < 4.78 is 16.6. The van der Waals surface area contributed by atoms with Crippen LogP contribution in [0.15, 0.2) is 134 Å². The summed E-state index contributed by atoms with van der Waals surface area (Å²) in [5.41, 5.74) is 0. The average molecular weight is 883 g/mol. The molecule has 0 saturated carbocycles. The average Bonchev–Trinajstić information content (AvgIpc) is 3.29. The second-order valence-electron chi connectivity index (χ2n) is 16.0. The number of rotatable bonds is 43. The zero-order valence-corrected chi connectivity index (χ0v) is 40.7. The molecule has 0 aliphatic heterocycles. The van der Waals surface area contributed by atoms with Crippen LogP contribution in [0.4, 0.5) is 0 Å². The number of ether oxygens (including phenoxy) is 3. The largest absolute Gasteiger partial charge is 0.462 e. The van der Waals surface area contributed by atoms with E-state index < -0.39 is 12.1 Å². The van der Waals surface area contributed by atoms with Gasteiger partial charge in [-0.1, -0.05) is 193 Å². The Kier molecular flexibility index (Phi) is 47.6. The number of unbranched alkanes of at least 4 members (excludes halogenated alkanes) is 10. The van der Waals surface area contributed by atoms with E-state index in [1.54, 1.807) is 0 Å². The van der Waals surface area contributed by atoms with Crippen LogP contribution >= 0.6 is 0 Å². The highest BCUT2D eigenvalue weighted by atomic mass is 16.6. The monoisotopic (exact) mass is 883 g/mol. The third-order valence-electron chi connectivity index (χ3n) is 9.87. The van der Waals surface area contributed by atoms with Crippen molar-refractivity contribution >= 4 is 17.9 Å². The third-order valence-corrected chi connectivity index (χ3v) is 9.87. The quantitative estimate of drug-likeness (QED) is 0.0263. The van der Waals surface area contributed by atoms with E-state index in [0.29, 0.717) is 19.3 Å². The van der Waals surface area contributed by atoms with Gasteiger partial charge in [0.05, 0.1) is 0 Å². The number of allylic oxidation sites excluding steroid dienone is 22. The summed E-state index contributed by atoms with van der Waals surface area (Å²) in [6, 6.07) is 0. The van der Waals surface area contributed by atoms with Crippen molar-refractivity contribution in [3.05, 3.63) is 134 Å². The van der Waals surface area contributed by atoms with Crippen molar-refractivity contribution in [1.29, 1.82) is 0 Å². The second-order valence-corrected chi connectivity index (χ2v) is 16.0. The van der Waals surface area contributed by atoms with Gasteiger partial charge in [-0.05, 0) is 116 Å². The van der Waals surface area contributed by atoms with Gasteiger partial charge in [-0.15, -0.1) is 0 Å². The summed E-state index contributed by atoms with van der Waals surface area (Å²) in [5, 5.41) is 0. The van der Waals surface area contributed by atoms with Crippen LogP contribution in [0, 0.1) is 0 Å². The molecule has 1 unspecified atom stereocenters. The first-order valence-electron chi connectivity index (χ1n) is 25.2. The molecule has 0 amide bonds. The molecule has 0 bridgehead atoms. The molecular formula is C58H90O6. The number of hydrogen-bond acceptors (Lipinski definition) is 6. The van der Waals surface area contributed by atoms with Crippen molar-refractivity contribution in [2.75, 3.05) is 13.2 Å². The first-order chi connectivity index (χ1) is 31.5. The van der Waals surface area contributed by atoms with Crippen molar-refractivity contribution in [3.63, 3.8) is 0 Å². The fraction of sp³-hybridized carbons (Fsp3) is 0.569. The van der Waals surface area contributed by atoms with Gasteiger partial charge in [-0.3, -0.25) is 14.4 Å². The maximum Gasteiger partial charge on any atom is 0.306 e. The molecular weight excluding hydrogens is 793 g/mol. The van der Waals surface area contributed by atoms with Crippen LogP contribution in [0.25, 0.3) is 0 Å². The molecule has 6 nitrogen and oxygen atoms in total. The fourth-order valence-corrected chi connectivity index (χ4v) is 6.09. The van der Waals surface area contributed by atoms with Gasteiger partial charge in [-0.2, -0.15) is 0 Å². The highest BCUT2D eigenvalue weighted by molar-refractivity contribution is 5.71. The van der Waals surface area contributed by atoms with Crippen LogP contribution in [-0.4, -0.2) is 37.2 Å². The second kappa shape index (κ2) is 51.2. The number of esters is 3. The van der Waals surface area contributed by atoms with Crippen LogP contribution in [-0.2, 0) is 28.6 Å². The minimum atomic E-state index is -0.845. The predicted molar refractivity (Wildman–Crippen MR) is 274 cm³/mol. The highest BCUT2D eigenvalue weighted by Crippen LogP contribution is 2.10. The van der Waals surface area contributed by atoms with E-state index >= 15 is 0 Å². The minimum absolute atomic E-state index is 0.134. The molecule has 0 radical (unpaired) electrons. The lowest BCUT2D eigenvalue weighted by molar-refractivity contribution is -0.166. The Hall–Kier alpha value is -4.45. The zero-order valence-electron chi connectivity index (χ0n) is 40.7. The van der Waals surface area contributed by atoms with Crippen LogP contribution in [0.3, 0.4) is 0 Å². The van der Waals surface area contributed by atoms with Crippen molar-refractivity contribution < 1.29 is 28.6 Å². The zero-order chi connectivity index (χ0) is 46.5. The minimum Gasteiger partial charge on any atom is -0.462 e. The van der Waals surface area contributed by atoms with Gasteiger partial charge in [0.25, 0.3) is 0 Å². The van der Waals surface area contributed by atoms with Crippen molar-refractivity contribution in [2.24, 2.45) is 0 Å². The fourth-order valence-electron chi connectivity index (χ4n) is 6.09. The van der Waals surface area contributed by atoms with Gasteiger partial charge in [-0.25, -0.2) is 0 Å². The molecule has 0 aromatic carbocycles. The molecule has 1 atom stereocenters. The van der Waals surface area contributed by atoms with E-state index in [2.05, 4.69) is 142 Å². The molecule has 0 rings (SSSR count). The van der Waals surface area contributed by atoms with E-state index in [1.807, 2.05) is 12.2 Å². The molecule has 0 aliphatic rings. The number of carbonyl (C=O) groups is 3. The summed E-state index contributed by atoms with van der Waals surface area (Å²) in [6.45, 7) is 6.30. The lowest BCUT2D eigenvalue weighted by Crippen LogP contribution is -2.30. The Morgan fingerprint density at radius 2 is 0.672 bits per heavy atom. The first kappa shape index (κ1) is 59.5. The van der Waals surface area contributed by atoms with E-state index in [9.17, 15) is 14.4 Å². The molecule has 0 fully saturated rings. The van der Waals surface area contributed by atoms with E-state index in [-0.39, 0.29) is 38.0 Å². The summed E-state index contributed by atoms with van der Waals surface area (Å²) in [7, 11) is 0. The van der Waals surface area contributed by atoms with E-state index in [4.69, 9.17) is 14.2 Å². The van der Waals surface area contributed by atoms with Crippen LogP contribution < -0.4 is 0 Å². The molecule has 0 heterocycles. The molecule has 0 saturated heterocycles. The summed E-state index contributed by atoms with van der Waals surface area (Å²) >= 11 is 0. The molecule has 0 spiro atoms. The maximum atomic E-state index is 12.8. The molecule has 0 aromatic rings. The van der Waals surface area contributed by atoms with E-state index in [0.717, 1.165) is 103 Å². The molecule has 0 aromatic heterocycles. The van der Waals surface area contributed by atoms with Gasteiger partial charge in [0, 0.05) is 19.3 Å². The smallest absolute Gasteiger partial charge is 0.306 e. The third kappa shape index (κ3) is 48.6. The van der Waals surface area contributed by atoms with E-state index in [1.165, 1.54) is 38.5 Å². The summed E-state index contributed by atoms with van der Waals surface area (Å²) in [4.78, 5) is 37.8. The Morgan fingerprint density at radius 3 is 1.14 bits per heavy atom. The topological polar surface area (TPSA) is 78.9 Å². The number of carbonyl (C=O) groups excluding carboxylic acids is 3. The standard InChI is InChI=1S/C58H90O6/c1-4-7-10-13-16-19-22-24-26-28-29-31-32-34-36-39-42-45-48-51-57(60)63-54-55(53-62-56(59)50-47-44-41-38-21-18-15-12-9-6-3)64-58(61)52-49-46-43-40-37-35-33-30-27-25-23-20-17-14-11-8-5-2/h7,10,15-20,24-27,29,31,33-36,40,42-43,45,55H,4-6,8-9,11-14,21-23,28,30,32,37-39,41,44,46-54H2,1-3H3/b10-7-,18-15-,19-16-,20-17-,26-24-,27-25-,31-29-,35-33-,36-34-,43-40-,45-42-. The Balaban J connectivity index is 4.60. The molecule has 0 N–H and O–H groups in total. The molecule has 6 heteroatoms. The Morgan fingerprint density at radius 1 is 0.328 bits per heavy atom. The Labute approximate surface area is 392 Å². The first-order valence-corrected chi connectivity index (χ1v) is 25.2. The summed E-state index contributed by atoms with van der Waals surface area (Å²) in [5.74, 6) is -1.10. The van der Waals surface area contributed by atoms with Crippen molar-refractivity contribution in [3.8, 4) is 0 Å². The van der Waals surface area contributed by atoms with Gasteiger partial charge < -0.3 is 14.2 Å². The highest BCUT2D eigenvalue weighted by Gasteiger charge is 2.19. The molecule has 358 valence electrons. The molecule has 0 aliphatic carbocycles. The number of hydrogen-bond donors (Lipinski definition) is 0. The predicted octanol–water partition coefficient (Wildman–Crippen LogP) is 16.7. The summed E-state index contributed by atoms with van der Waals surface area (Å²) in [6.07, 6.45) is 71.7. The normalized spacial score (nSPS) is 13.2. The van der Waals surface area contributed by atoms with Gasteiger partial charge in [0.2, 0.25) is 0 Å². The lowest BCUT2D eigenvalue weighted by Gasteiger charge is -2.18. The lowest BCUT2D eigenvalue weighted by atomic mass is 10.1. The van der Waals surface area contributed by atoms with Crippen LogP contribution in [0.5, 0.6) is 0 Å². The van der Waals surface area contributed by atoms with Crippen molar-refractivity contribution in [1.82, 2.24) is 0 Å². The van der Waals surface area contributed by atoms with Crippen LogP contribution in [0.2, 0.25) is 0 Å². The molecule has 64 heavy (non-hydrogen) atoms.